The van der Waals surface area contributed by atoms with Crippen molar-refractivity contribution in [3.8, 4) is 11.5 Å². The molecule has 2 aromatic carbocycles. The number of benzene rings is 2. The highest BCUT2D eigenvalue weighted by Gasteiger charge is 2.28. The van der Waals surface area contributed by atoms with Crippen molar-refractivity contribution in [2.24, 2.45) is 0 Å². The highest BCUT2D eigenvalue weighted by atomic mass is 32.2. The summed E-state index contributed by atoms with van der Waals surface area (Å²) in [5.41, 5.74) is 2.67. The molecule has 0 unspecified atom stereocenters. The molecule has 0 atom stereocenters. The minimum atomic E-state index is -3.47. The summed E-state index contributed by atoms with van der Waals surface area (Å²) < 4.78 is 32.5. The van der Waals surface area contributed by atoms with Gasteiger partial charge >= 0.3 is 0 Å². The Bertz CT molecular complexity index is 1240. The minimum Gasteiger partial charge on any atom is -0.334 e. The molecule has 9 heteroatoms. The normalized spacial score (nSPS) is 14.6. The van der Waals surface area contributed by atoms with Crippen LogP contribution >= 0.6 is 0 Å². The number of nitrogens with one attached hydrogen (secondary N) is 2. The van der Waals surface area contributed by atoms with Crippen molar-refractivity contribution in [1.82, 2.24) is 25.1 Å². The number of H-pyrrole nitrogens is 1. The Morgan fingerprint density at radius 3 is 2.75 bits per heavy atom. The maximum absolute atomic E-state index is 12.2. The molecule has 5 rings (SSSR count). The molecule has 1 aliphatic carbocycles. The SMILES string of the molecule is O=S(=O)(NC1CC1)c1ccc(-c2nc(Cc3ccc4cn[nH]c4c3)no2)cc1. The monoisotopic (exact) mass is 395 g/mol. The van der Waals surface area contributed by atoms with Gasteiger partial charge in [-0.05, 0) is 48.7 Å². The molecule has 4 aromatic rings. The Morgan fingerprint density at radius 2 is 1.96 bits per heavy atom. The summed E-state index contributed by atoms with van der Waals surface area (Å²) in [5.74, 6) is 0.915. The molecule has 2 N–H and O–H groups in total. The van der Waals surface area contributed by atoms with Gasteiger partial charge < -0.3 is 4.52 Å². The van der Waals surface area contributed by atoms with Crippen LogP contribution in [0.2, 0.25) is 0 Å². The topological polar surface area (TPSA) is 114 Å². The number of hydrogen-bond donors (Lipinski definition) is 2. The lowest BCUT2D eigenvalue weighted by atomic mass is 10.1. The predicted octanol–water partition coefficient (Wildman–Crippen LogP) is 2.64. The average Bonchev–Trinajstić information content (AvgIpc) is 3.18. The lowest BCUT2D eigenvalue weighted by molar-refractivity contribution is 0.424. The first kappa shape index (κ1) is 17.1. The second-order valence-corrected chi connectivity index (χ2v) is 8.62. The van der Waals surface area contributed by atoms with Crippen LogP contribution in [0, 0.1) is 0 Å². The van der Waals surface area contributed by atoms with Crippen LogP contribution in [0.3, 0.4) is 0 Å². The zero-order chi connectivity index (χ0) is 19.1. The van der Waals surface area contributed by atoms with E-state index in [9.17, 15) is 8.42 Å². The van der Waals surface area contributed by atoms with Gasteiger partial charge in [-0.2, -0.15) is 10.1 Å². The first-order chi connectivity index (χ1) is 13.6. The van der Waals surface area contributed by atoms with Gasteiger partial charge in [-0.3, -0.25) is 5.10 Å². The molecule has 0 spiro atoms. The van der Waals surface area contributed by atoms with E-state index in [-0.39, 0.29) is 10.9 Å². The lowest BCUT2D eigenvalue weighted by Crippen LogP contribution is -2.25. The van der Waals surface area contributed by atoms with Crippen LogP contribution in [-0.2, 0) is 16.4 Å². The number of aromatic amines is 1. The largest absolute Gasteiger partial charge is 0.334 e. The van der Waals surface area contributed by atoms with E-state index >= 15 is 0 Å². The Labute approximate surface area is 161 Å². The molecule has 8 nitrogen and oxygen atoms in total. The molecule has 1 aliphatic rings. The molecule has 0 radical (unpaired) electrons. The zero-order valence-electron chi connectivity index (χ0n) is 14.8. The maximum Gasteiger partial charge on any atom is 0.257 e. The summed E-state index contributed by atoms with van der Waals surface area (Å²) in [6, 6.07) is 12.5. The summed E-state index contributed by atoms with van der Waals surface area (Å²) in [5, 5.41) is 12.0. The van der Waals surface area contributed by atoms with Gasteiger partial charge in [0.1, 0.15) is 0 Å². The van der Waals surface area contributed by atoms with Crippen LogP contribution in [0.1, 0.15) is 24.2 Å². The Kier molecular flexibility index (Phi) is 3.99. The van der Waals surface area contributed by atoms with Gasteiger partial charge in [-0.15, -0.1) is 0 Å². The Balaban J connectivity index is 1.33. The molecule has 28 heavy (non-hydrogen) atoms. The van der Waals surface area contributed by atoms with E-state index < -0.39 is 10.0 Å². The van der Waals surface area contributed by atoms with E-state index in [0.29, 0.717) is 23.7 Å². The number of rotatable bonds is 6. The van der Waals surface area contributed by atoms with Crippen LogP contribution < -0.4 is 4.72 Å². The number of fused-ring (bicyclic) bond motifs is 1. The van der Waals surface area contributed by atoms with Gasteiger partial charge in [0, 0.05) is 23.4 Å². The van der Waals surface area contributed by atoms with Gasteiger partial charge in [0.15, 0.2) is 5.82 Å². The first-order valence-electron chi connectivity index (χ1n) is 8.94. The van der Waals surface area contributed by atoms with Crippen molar-refractivity contribution in [3.63, 3.8) is 0 Å². The zero-order valence-corrected chi connectivity index (χ0v) is 15.6. The number of hydrogen-bond acceptors (Lipinski definition) is 6. The van der Waals surface area contributed by atoms with Crippen LogP contribution in [0.15, 0.2) is 58.1 Å². The molecule has 0 aliphatic heterocycles. The molecule has 0 bridgehead atoms. The summed E-state index contributed by atoms with van der Waals surface area (Å²) in [7, 11) is -3.47. The van der Waals surface area contributed by atoms with Crippen LogP contribution in [0.25, 0.3) is 22.4 Å². The molecular formula is C19H17N5O3S. The van der Waals surface area contributed by atoms with Gasteiger partial charge in [0.25, 0.3) is 5.89 Å². The van der Waals surface area contributed by atoms with Gasteiger partial charge in [-0.25, -0.2) is 13.1 Å². The fourth-order valence-electron chi connectivity index (χ4n) is 2.99. The summed E-state index contributed by atoms with van der Waals surface area (Å²) >= 11 is 0. The van der Waals surface area contributed by atoms with E-state index in [1.807, 2.05) is 18.2 Å². The third-order valence-electron chi connectivity index (χ3n) is 4.65. The van der Waals surface area contributed by atoms with Gasteiger partial charge in [0.05, 0.1) is 16.6 Å². The fourth-order valence-corrected chi connectivity index (χ4v) is 4.29. The Morgan fingerprint density at radius 1 is 1.14 bits per heavy atom. The molecule has 2 heterocycles. The third-order valence-corrected chi connectivity index (χ3v) is 6.18. The molecule has 0 saturated heterocycles. The van der Waals surface area contributed by atoms with Gasteiger partial charge in [-0.1, -0.05) is 17.3 Å². The van der Waals surface area contributed by atoms with Crippen molar-refractivity contribution in [2.45, 2.75) is 30.2 Å². The molecule has 2 aromatic heterocycles. The van der Waals surface area contributed by atoms with E-state index in [2.05, 4.69) is 25.1 Å². The summed E-state index contributed by atoms with van der Waals surface area (Å²) in [6.45, 7) is 0. The number of sulfonamides is 1. The van der Waals surface area contributed by atoms with E-state index in [1.54, 1.807) is 30.5 Å². The second-order valence-electron chi connectivity index (χ2n) is 6.90. The molecular weight excluding hydrogens is 378 g/mol. The summed E-state index contributed by atoms with van der Waals surface area (Å²) in [4.78, 5) is 4.66. The Hall–Kier alpha value is -3.04. The smallest absolute Gasteiger partial charge is 0.257 e. The first-order valence-corrected chi connectivity index (χ1v) is 10.4. The van der Waals surface area contributed by atoms with Crippen LogP contribution in [0.5, 0.6) is 0 Å². The summed E-state index contributed by atoms with van der Waals surface area (Å²) in [6.07, 6.45) is 4.09. The highest BCUT2D eigenvalue weighted by Crippen LogP contribution is 2.24. The molecule has 142 valence electrons. The van der Waals surface area contributed by atoms with E-state index in [0.717, 1.165) is 29.3 Å². The predicted molar refractivity (Wildman–Crippen MR) is 102 cm³/mol. The van der Waals surface area contributed by atoms with Crippen molar-refractivity contribution in [1.29, 1.82) is 0 Å². The number of aromatic nitrogens is 4. The molecule has 1 saturated carbocycles. The highest BCUT2D eigenvalue weighted by molar-refractivity contribution is 7.89. The van der Waals surface area contributed by atoms with Crippen molar-refractivity contribution < 1.29 is 12.9 Å². The standard InChI is InChI=1S/C19H17N5O3S/c25-28(26,24-15-5-6-15)16-7-3-13(4-8-16)19-21-18(23-27-19)10-12-1-2-14-11-20-22-17(14)9-12/h1-4,7-9,11,15,24H,5-6,10H2,(H,20,22). The molecule has 0 amide bonds. The number of nitrogens with zero attached hydrogens (tertiary/aromatic N) is 3. The lowest BCUT2D eigenvalue weighted by Gasteiger charge is -2.05. The van der Waals surface area contributed by atoms with Gasteiger partial charge in [0.2, 0.25) is 10.0 Å². The maximum atomic E-state index is 12.2. The molecule has 1 fully saturated rings. The van der Waals surface area contributed by atoms with E-state index in [1.165, 1.54) is 0 Å². The quantitative estimate of drug-likeness (QED) is 0.519. The second kappa shape index (κ2) is 6.54. The van der Waals surface area contributed by atoms with Crippen molar-refractivity contribution in [3.05, 3.63) is 60.0 Å². The van der Waals surface area contributed by atoms with Crippen LogP contribution in [-0.4, -0.2) is 34.8 Å². The van der Waals surface area contributed by atoms with Crippen molar-refractivity contribution in [2.75, 3.05) is 0 Å². The minimum absolute atomic E-state index is 0.0733. The fraction of sp³-hybridized carbons (Fsp3) is 0.211. The third kappa shape index (κ3) is 3.41. The average molecular weight is 395 g/mol. The van der Waals surface area contributed by atoms with E-state index in [4.69, 9.17) is 4.52 Å². The van der Waals surface area contributed by atoms with Crippen molar-refractivity contribution >= 4 is 20.9 Å². The van der Waals surface area contributed by atoms with Crippen LogP contribution in [0.4, 0.5) is 0 Å².